The zero-order chi connectivity index (χ0) is 12.7. The van der Waals surface area contributed by atoms with Gasteiger partial charge in [0.25, 0.3) is 0 Å². The molecule has 2 rings (SSSR count). The van der Waals surface area contributed by atoms with Crippen LogP contribution in [0.3, 0.4) is 0 Å². The molecule has 0 atom stereocenters. The number of thiocarbonyl (C=S) groups is 1. The van der Waals surface area contributed by atoms with Crippen molar-refractivity contribution >= 4 is 29.2 Å². The van der Waals surface area contributed by atoms with Crippen molar-refractivity contribution in [3.8, 4) is 0 Å². The second-order valence-corrected chi connectivity index (χ2v) is 3.53. The van der Waals surface area contributed by atoms with Crippen LogP contribution in [0, 0.1) is 0 Å². The molecule has 4 heteroatoms. The van der Waals surface area contributed by atoms with Crippen LogP contribution in [-0.4, -0.2) is 18.0 Å². The Morgan fingerprint density at radius 1 is 1.12 bits per heavy atom. The summed E-state index contributed by atoms with van der Waals surface area (Å²) in [5.41, 5.74) is 2.03. The van der Waals surface area contributed by atoms with Gasteiger partial charge in [0.2, 0.25) is 0 Å². The number of aliphatic imine (C=N–C) groups is 1. The molecule has 1 heterocycles. The monoisotopic (exact) mass is 247 g/mol. The van der Waals surface area contributed by atoms with Crippen LogP contribution in [-0.2, 0) is 0 Å². The number of amidine groups is 1. The summed E-state index contributed by atoms with van der Waals surface area (Å²) in [6.45, 7) is 4.00. The summed E-state index contributed by atoms with van der Waals surface area (Å²) >= 11 is 5.01. The van der Waals surface area contributed by atoms with Gasteiger partial charge in [-0.25, -0.2) is 0 Å². The van der Waals surface area contributed by atoms with Crippen LogP contribution in [0.5, 0.6) is 0 Å². The Bertz CT molecular complexity index is 435. The molecule has 1 fully saturated rings. The van der Waals surface area contributed by atoms with E-state index in [1.165, 1.54) is 0 Å². The van der Waals surface area contributed by atoms with Crippen molar-refractivity contribution < 1.29 is 0 Å². The number of hydrogen-bond donors (Lipinski definition) is 2. The minimum atomic E-state index is 0.595. The normalized spacial score (nSPS) is 18.4. The lowest BCUT2D eigenvalue weighted by Crippen LogP contribution is -2.22. The minimum absolute atomic E-state index is 0.595. The van der Waals surface area contributed by atoms with Gasteiger partial charge in [0, 0.05) is 7.05 Å². The second kappa shape index (κ2) is 6.81. The molecule has 0 saturated carbocycles. The van der Waals surface area contributed by atoms with Crippen molar-refractivity contribution in [1.82, 2.24) is 10.6 Å². The van der Waals surface area contributed by atoms with Crippen molar-refractivity contribution in [2.75, 3.05) is 7.05 Å². The average molecular weight is 247 g/mol. The Balaban J connectivity index is 0.000000686. The van der Waals surface area contributed by atoms with Crippen LogP contribution in [0.4, 0.5) is 0 Å². The Morgan fingerprint density at radius 3 is 2.35 bits per heavy atom. The predicted octanol–water partition coefficient (Wildman–Crippen LogP) is 2.56. The van der Waals surface area contributed by atoms with Gasteiger partial charge in [-0.1, -0.05) is 44.2 Å². The van der Waals surface area contributed by atoms with Gasteiger partial charge >= 0.3 is 0 Å². The molecule has 0 radical (unpaired) electrons. The lowest BCUT2D eigenvalue weighted by Gasteiger charge is -1.97. The van der Waals surface area contributed by atoms with Crippen molar-refractivity contribution in [2.24, 2.45) is 4.99 Å². The summed E-state index contributed by atoms with van der Waals surface area (Å²) in [7, 11) is 1.73. The fourth-order valence-corrected chi connectivity index (χ4v) is 1.59. The molecule has 0 amide bonds. The smallest absolute Gasteiger partial charge is 0.176 e. The molecule has 0 aromatic heterocycles. The molecule has 90 valence electrons. The molecular weight excluding hydrogens is 230 g/mol. The summed E-state index contributed by atoms with van der Waals surface area (Å²) in [6, 6.07) is 10.0. The molecule has 1 saturated heterocycles. The van der Waals surface area contributed by atoms with E-state index in [0.717, 1.165) is 17.1 Å². The van der Waals surface area contributed by atoms with Crippen LogP contribution in [0.15, 0.2) is 41.0 Å². The summed E-state index contributed by atoms with van der Waals surface area (Å²) in [4.78, 5) is 4.10. The summed E-state index contributed by atoms with van der Waals surface area (Å²) < 4.78 is 0. The molecule has 0 unspecified atom stereocenters. The van der Waals surface area contributed by atoms with E-state index in [-0.39, 0.29) is 0 Å². The molecular formula is C13H17N3S. The standard InChI is InChI=1S/C11H11N3S.C2H6/c1-12-10-9(13-11(15)14-10)7-8-5-3-2-4-6-8;1-2/h2-7H,1H3,(H2,12,13,14,15);1-2H3/b9-7+;. The minimum Gasteiger partial charge on any atom is -0.329 e. The highest BCUT2D eigenvalue weighted by Crippen LogP contribution is 2.08. The van der Waals surface area contributed by atoms with E-state index in [2.05, 4.69) is 15.6 Å². The Morgan fingerprint density at radius 2 is 1.76 bits per heavy atom. The van der Waals surface area contributed by atoms with Gasteiger partial charge in [0.1, 0.15) is 0 Å². The molecule has 1 aliphatic heterocycles. The molecule has 1 aromatic carbocycles. The zero-order valence-electron chi connectivity index (χ0n) is 10.3. The quantitative estimate of drug-likeness (QED) is 0.749. The molecule has 0 spiro atoms. The van der Waals surface area contributed by atoms with Gasteiger partial charge in [0.05, 0.1) is 5.70 Å². The number of nitrogens with zero attached hydrogens (tertiary/aromatic N) is 1. The third kappa shape index (κ3) is 3.67. The van der Waals surface area contributed by atoms with Gasteiger partial charge in [-0.2, -0.15) is 0 Å². The van der Waals surface area contributed by atoms with Gasteiger partial charge in [-0.15, -0.1) is 0 Å². The van der Waals surface area contributed by atoms with E-state index in [1.807, 2.05) is 50.3 Å². The third-order valence-electron chi connectivity index (χ3n) is 2.07. The lowest BCUT2D eigenvalue weighted by molar-refractivity contribution is 1.28. The van der Waals surface area contributed by atoms with Crippen LogP contribution < -0.4 is 10.6 Å². The maximum absolute atomic E-state index is 5.01. The van der Waals surface area contributed by atoms with Crippen LogP contribution >= 0.6 is 12.2 Å². The first-order chi connectivity index (χ1) is 8.29. The number of nitrogens with one attached hydrogen (secondary N) is 2. The number of hydrogen-bond acceptors (Lipinski definition) is 2. The molecule has 0 aliphatic carbocycles. The van der Waals surface area contributed by atoms with Gasteiger partial charge in [-0.05, 0) is 23.9 Å². The summed E-state index contributed by atoms with van der Waals surface area (Å²) in [5.74, 6) is 0.781. The van der Waals surface area contributed by atoms with Gasteiger partial charge in [-0.3, -0.25) is 4.99 Å². The van der Waals surface area contributed by atoms with E-state index in [9.17, 15) is 0 Å². The topological polar surface area (TPSA) is 36.4 Å². The maximum atomic E-state index is 5.01. The number of benzene rings is 1. The first-order valence-corrected chi connectivity index (χ1v) is 6.02. The van der Waals surface area contributed by atoms with Crippen molar-refractivity contribution in [3.05, 3.63) is 41.6 Å². The Labute approximate surface area is 108 Å². The zero-order valence-corrected chi connectivity index (χ0v) is 11.1. The lowest BCUT2D eigenvalue weighted by atomic mass is 10.2. The first kappa shape index (κ1) is 13.4. The highest BCUT2D eigenvalue weighted by Gasteiger charge is 2.16. The largest absolute Gasteiger partial charge is 0.329 e. The summed E-state index contributed by atoms with van der Waals surface area (Å²) in [6.07, 6.45) is 2.01. The van der Waals surface area contributed by atoms with E-state index in [0.29, 0.717) is 5.11 Å². The number of rotatable bonds is 1. The van der Waals surface area contributed by atoms with Crippen LogP contribution in [0.1, 0.15) is 19.4 Å². The van der Waals surface area contributed by atoms with Crippen LogP contribution in [0.25, 0.3) is 6.08 Å². The molecule has 17 heavy (non-hydrogen) atoms. The summed E-state index contributed by atoms with van der Waals surface area (Å²) in [5, 5.41) is 6.63. The van der Waals surface area contributed by atoms with E-state index < -0.39 is 0 Å². The molecule has 2 N–H and O–H groups in total. The average Bonchev–Trinajstić information content (AvgIpc) is 2.73. The first-order valence-electron chi connectivity index (χ1n) is 5.61. The van der Waals surface area contributed by atoms with E-state index >= 15 is 0 Å². The predicted molar refractivity (Wildman–Crippen MR) is 78.0 cm³/mol. The third-order valence-corrected chi connectivity index (χ3v) is 2.27. The van der Waals surface area contributed by atoms with E-state index in [1.54, 1.807) is 7.05 Å². The maximum Gasteiger partial charge on any atom is 0.176 e. The van der Waals surface area contributed by atoms with Gasteiger partial charge < -0.3 is 10.6 Å². The SMILES string of the molecule is CC.CN=C1NC(=S)N/C1=C/c1ccccc1. The van der Waals surface area contributed by atoms with Crippen molar-refractivity contribution in [1.29, 1.82) is 0 Å². The molecule has 0 bridgehead atoms. The molecule has 1 aromatic rings. The second-order valence-electron chi connectivity index (χ2n) is 3.12. The molecule has 1 aliphatic rings. The van der Waals surface area contributed by atoms with Crippen molar-refractivity contribution in [2.45, 2.75) is 13.8 Å². The fraction of sp³-hybridized carbons (Fsp3) is 0.231. The Hall–Kier alpha value is -1.68. The van der Waals surface area contributed by atoms with E-state index in [4.69, 9.17) is 12.2 Å². The molecule has 3 nitrogen and oxygen atoms in total. The highest BCUT2D eigenvalue weighted by molar-refractivity contribution is 7.80. The highest BCUT2D eigenvalue weighted by atomic mass is 32.1. The Kier molecular flexibility index (Phi) is 5.36. The fourth-order valence-electron chi connectivity index (χ4n) is 1.38. The van der Waals surface area contributed by atoms with Crippen LogP contribution in [0.2, 0.25) is 0 Å². The van der Waals surface area contributed by atoms with Gasteiger partial charge in [0.15, 0.2) is 10.9 Å². The van der Waals surface area contributed by atoms with Crippen molar-refractivity contribution in [3.63, 3.8) is 0 Å².